The van der Waals surface area contributed by atoms with Gasteiger partial charge in [-0.1, -0.05) is 5.16 Å². The van der Waals surface area contributed by atoms with E-state index in [1.165, 1.54) is 0 Å². The molecule has 0 fully saturated rings. The average molecular weight is 605 g/mol. The monoisotopic (exact) mass is 604 g/mol. The minimum absolute atomic E-state index is 0.102. The van der Waals surface area contributed by atoms with Crippen molar-refractivity contribution in [3.05, 3.63) is 42.5 Å². The third kappa shape index (κ3) is 5.50. The Hall–Kier alpha value is -2.29. The summed E-state index contributed by atoms with van der Waals surface area (Å²) in [5, 5.41) is 17.9. The summed E-state index contributed by atoms with van der Waals surface area (Å²) in [5.74, 6) is -0.480. The maximum atomic E-state index is 12.2. The molecule has 13 heteroatoms. The predicted molar refractivity (Wildman–Crippen MR) is 123 cm³/mol. The lowest BCUT2D eigenvalue weighted by Gasteiger charge is -2.07. The second-order valence-electron chi connectivity index (χ2n) is 6.91. The number of halogens is 2. The van der Waals surface area contributed by atoms with Crippen LogP contribution in [0.15, 0.2) is 9.00 Å². The lowest BCUT2D eigenvalue weighted by molar-refractivity contribution is -0.121. The maximum absolute atomic E-state index is 12.2. The zero-order valence-corrected chi connectivity index (χ0v) is 21.2. The summed E-state index contributed by atoms with van der Waals surface area (Å²) in [7, 11) is 0. The molecule has 0 radical (unpaired) electrons. The molecule has 3 rings (SSSR count). The molecule has 3 heterocycles. The summed E-state index contributed by atoms with van der Waals surface area (Å²) < 4.78 is 10.4. The zero-order valence-electron chi connectivity index (χ0n) is 17.5. The fourth-order valence-electron chi connectivity index (χ4n) is 2.85. The molecule has 31 heavy (non-hydrogen) atoms. The predicted octanol–water partition coefficient (Wildman–Crippen LogP) is 1.66. The van der Waals surface area contributed by atoms with Gasteiger partial charge in [-0.25, -0.2) is 0 Å². The Bertz CT molecular complexity index is 1120. The SMILES string of the molecule is Cc1nn(CC(=O)NCCNC(=O)c2nc(Cn3nc(C)c(I)c3C)no2)c(C)c1Br. The van der Waals surface area contributed by atoms with E-state index in [9.17, 15) is 9.59 Å². The van der Waals surface area contributed by atoms with Crippen LogP contribution in [0, 0.1) is 31.3 Å². The van der Waals surface area contributed by atoms with Crippen LogP contribution in [0.4, 0.5) is 0 Å². The molecular weight excluding hydrogens is 583 g/mol. The molecule has 2 amide bonds. The lowest BCUT2D eigenvalue weighted by atomic mass is 10.4. The minimum atomic E-state index is -0.501. The van der Waals surface area contributed by atoms with Crippen molar-refractivity contribution in [1.82, 2.24) is 40.3 Å². The van der Waals surface area contributed by atoms with E-state index in [1.54, 1.807) is 9.36 Å². The summed E-state index contributed by atoms with van der Waals surface area (Å²) in [6.45, 7) is 8.52. The standard InChI is InChI=1S/C18H22BrIN8O3/c1-9-15(19)11(3)28(24-9)8-14(29)21-5-6-22-17(30)18-23-13(26-31-18)7-27-12(4)16(20)10(2)25-27/h5-8H2,1-4H3,(H,21,29)(H,22,30). The summed E-state index contributed by atoms with van der Waals surface area (Å²) in [6, 6.07) is 0. The van der Waals surface area contributed by atoms with Crippen molar-refractivity contribution in [3.63, 3.8) is 0 Å². The Morgan fingerprint density at radius 1 is 1.03 bits per heavy atom. The fourth-order valence-corrected chi connectivity index (χ4v) is 3.52. The number of nitrogens with zero attached hydrogens (tertiary/aromatic N) is 6. The molecule has 0 spiro atoms. The van der Waals surface area contributed by atoms with Crippen LogP contribution in [0.1, 0.15) is 39.3 Å². The van der Waals surface area contributed by atoms with E-state index in [0.717, 1.165) is 30.8 Å². The summed E-state index contributed by atoms with van der Waals surface area (Å²) in [4.78, 5) is 28.4. The van der Waals surface area contributed by atoms with Crippen LogP contribution in [-0.2, 0) is 17.9 Å². The van der Waals surface area contributed by atoms with Crippen molar-refractivity contribution in [1.29, 1.82) is 0 Å². The first kappa shape index (κ1) is 23.4. The second kappa shape index (κ2) is 9.89. The van der Waals surface area contributed by atoms with Gasteiger partial charge in [-0.2, -0.15) is 15.2 Å². The van der Waals surface area contributed by atoms with Gasteiger partial charge in [0.1, 0.15) is 13.1 Å². The number of carbonyl (C=O) groups excluding carboxylic acids is 2. The molecular formula is C18H22BrIN8O3. The molecule has 3 aromatic rings. The molecule has 2 N–H and O–H groups in total. The average Bonchev–Trinajstić information content (AvgIpc) is 3.36. The van der Waals surface area contributed by atoms with Gasteiger partial charge < -0.3 is 15.2 Å². The number of hydrogen-bond acceptors (Lipinski definition) is 7. The Morgan fingerprint density at radius 2 is 1.71 bits per heavy atom. The molecule has 0 aliphatic rings. The van der Waals surface area contributed by atoms with Crippen LogP contribution < -0.4 is 10.6 Å². The summed E-state index contributed by atoms with van der Waals surface area (Å²) in [5.41, 5.74) is 3.62. The molecule has 0 aromatic carbocycles. The largest absolute Gasteiger partial charge is 0.353 e. The van der Waals surface area contributed by atoms with Crippen LogP contribution in [0.3, 0.4) is 0 Å². The highest BCUT2D eigenvalue weighted by molar-refractivity contribution is 14.1. The van der Waals surface area contributed by atoms with Crippen molar-refractivity contribution in [2.24, 2.45) is 0 Å². The van der Waals surface area contributed by atoms with Crippen LogP contribution in [-0.4, -0.2) is 54.6 Å². The highest BCUT2D eigenvalue weighted by Gasteiger charge is 2.17. The number of carbonyl (C=O) groups is 2. The molecule has 0 bridgehead atoms. The molecule has 166 valence electrons. The first-order chi connectivity index (χ1) is 14.7. The van der Waals surface area contributed by atoms with Crippen molar-refractivity contribution >= 4 is 50.3 Å². The van der Waals surface area contributed by atoms with Gasteiger partial charge in [0.05, 0.1) is 25.1 Å². The van der Waals surface area contributed by atoms with Gasteiger partial charge >= 0.3 is 11.8 Å². The number of rotatable bonds is 8. The molecule has 3 aromatic heterocycles. The number of amides is 2. The van der Waals surface area contributed by atoms with Gasteiger partial charge in [0, 0.05) is 18.8 Å². The smallest absolute Gasteiger partial charge is 0.316 e. The molecule has 0 unspecified atom stereocenters. The van der Waals surface area contributed by atoms with Gasteiger partial charge in [0.15, 0.2) is 5.82 Å². The Labute approximate surface area is 200 Å². The van der Waals surface area contributed by atoms with E-state index in [-0.39, 0.29) is 31.4 Å². The van der Waals surface area contributed by atoms with Crippen LogP contribution in [0.5, 0.6) is 0 Å². The van der Waals surface area contributed by atoms with E-state index in [2.05, 4.69) is 69.5 Å². The van der Waals surface area contributed by atoms with Gasteiger partial charge in [-0.15, -0.1) is 0 Å². The number of hydrogen-bond donors (Lipinski definition) is 2. The molecule has 0 aliphatic carbocycles. The van der Waals surface area contributed by atoms with Crippen molar-refractivity contribution in [2.75, 3.05) is 13.1 Å². The molecule has 11 nitrogen and oxygen atoms in total. The van der Waals surface area contributed by atoms with E-state index < -0.39 is 5.91 Å². The van der Waals surface area contributed by atoms with E-state index in [4.69, 9.17) is 4.52 Å². The first-order valence-corrected chi connectivity index (χ1v) is 11.3. The second-order valence-corrected chi connectivity index (χ2v) is 8.78. The first-order valence-electron chi connectivity index (χ1n) is 9.43. The van der Waals surface area contributed by atoms with Crippen molar-refractivity contribution in [2.45, 2.75) is 40.8 Å². The van der Waals surface area contributed by atoms with Crippen molar-refractivity contribution < 1.29 is 14.1 Å². The number of aryl methyl sites for hydroxylation is 2. The fraction of sp³-hybridized carbons (Fsp3) is 0.444. The van der Waals surface area contributed by atoms with Gasteiger partial charge in [0.25, 0.3) is 0 Å². The summed E-state index contributed by atoms with van der Waals surface area (Å²) in [6.07, 6.45) is 0. The maximum Gasteiger partial charge on any atom is 0.316 e. The Kier molecular flexibility index (Phi) is 7.46. The quantitative estimate of drug-likeness (QED) is 0.295. The van der Waals surface area contributed by atoms with E-state index in [0.29, 0.717) is 12.4 Å². The molecule has 0 aliphatic heterocycles. The normalized spacial score (nSPS) is 11.0. The summed E-state index contributed by atoms with van der Waals surface area (Å²) >= 11 is 5.66. The van der Waals surface area contributed by atoms with E-state index >= 15 is 0 Å². The Morgan fingerprint density at radius 3 is 2.32 bits per heavy atom. The Balaban J connectivity index is 1.44. The molecule has 0 atom stereocenters. The highest BCUT2D eigenvalue weighted by Crippen LogP contribution is 2.19. The van der Waals surface area contributed by atoms with Crippen LogP contribution >= 0.6 is 38.5 Å². The van der Waals surface area contributed by atoms with E-state index in [1.807, 2.05) is 27.7 Å². The third-order valence-corrected chi connectivity index (χ3v) is 7.27. The lowest BCUT2D eigenvalue weighted by Crippen LogP contribution is -2.36. The van der Waals surface area contributed by atoms with Gasteiger partial charge in [-0.3, -0.25) is 19.0 Å². The van der Waals surface area contributed by atoms with Crippen molar-refractivity contribution in [3.8, 4) is 0 Å². The number of aromatic nitrogens is 6. The van der Waals surface area contributed by atoms with Crippen LogP contribution in [0.25, 0.3) is 0 Å². The zero-order chi connectivity index (χ0) is 22.7. The van der Waals surface area contributed by atoms with Crippen LogP contribution in [0.2, 0.25) is 0 Å². The molecule has 0 saturated carbocycles. The minimum Gasteiger partial charge on any atom is -0.353 e. The van der Waals surface area contributed by atoms with Gasteiger partial charge in [-0.05, 0) is 66.2 Å². The third-order valence-electron chi connectivity index (χ3n) is 4.57. The molecule has 0 saturated heterocycles. The number of nitrogens with one attached hydrogen (secondary N) is 2. The van der Waals surface area contributed by atoms with Gasteiger partial charge in [0.2, 0.25) is 5.91 Å². The highest BCUT2D eigenvalue weighted by atomic mass is 127. The topological polar surface area (TPSA) is 133 Å².